The first kappa shape index (κ1) is 23.0. The van der Waals surface area contributed by atoms with Crippen LogP contribution in [-0.2, 0) is 20.9 Å². The van der Waals surface area contributed by atoms with Crippen LogP contribution >= 0.6 is 11.6 Å². The highest BCUT2D eigenvalue weighted by Crippen LogP contribution is 2.27. The van der Waals surface area contributed by atoms with Crippen LogP contribution in [0.1, 0.15) is 19.4 Å². The largest absolute Gasteiger partial charge is 0.515 e. The van der Waals surface area contributed by atoms with Gasteiger partial charge in [-0.2, -0.15) is 0 Å². The number of alkyl halides is 1. The summed E-state index contributed by atoms with van der Waals surface area (Å²) in [4.78, 5) is 36.3. The fourth-order valence-electron chi connectivity index (χ4n) is 2.34. The maximum absolute atomic E-state index is 12.6. The molecule has 2 aromatic carbocycles. The zero-order valence-corrected chi connectivity index (χ0v) is 17.3. The molecule has 0 spiro atoms. The lowest BCUT2D eigenvalue weighted by Crippen LogP contribution is -2.46. The van der Waals surface area contributed by atoms with Gasteiger partial charge in [0.25, 0.3) is 0 Å². The van der Waals surface area contributed by atoms with E-state index in [4.69, 9.17) is 25.8 Å². The molecule has 0 radical (unpaired) electrons. The zero-order valence-electron chi connectivity index (χ0n) is 16.5. The normalized spacial score (nSPS) is 11.3. The van der Waals surface area contributed by atoms with Crippen LogP contribution in [0.2, 0.25) is 0 Å². The predicted molar refractivity (Wildman–Crippen MR) is 108 cm³/mol. The monoisotopic (exact) mass is 435 g/mol. The van der Waals surface area contributed by atoms with Gasteiger partial charge >= 0.3 is 18.2 Å². The van der Waals surface area contributed by atoms with E-state index in [1.165, 1.54) is 12.1 Å². The smallest absolute Gasteiger partial charge is 0.445 e. The second kappa shape index (κ2) is 11.7. The molecule has 30 heavy (non-hydrogen) atoms. The number of hydrogen-bond donors (Lipinski definition) is 1. The van der Waals surface area contributed by atoms with Crippen LogP contribution in [0.25, 0.3) is 0 Å². The first-order valence-electron chi connectivity index (χ1n) is 9.09. The van der Waals surface area contributed by atoms with Gasteiger partial charge in [0.1, 0.15) is 12.6 Å². The molecule has 0 aliphatic rings. The van der Waals surface area contributed by atoms with E-state index in [1.54, 1.807) is 26.0 Å². The number of esters is 1. The van der Waals surface area contributed by atoms with Crippen molar-refractivity contribution in [1.29, 1.82) is 0 Å². The number of halogens is 1. The van der Waals surface area contributed by atoms with E-state index < -0.39 is 24.3 Å². The molecule has 0 heterocycles. The van der Waals surface area contributed by atoms with Crippen LogP contribution in [0.4, 0.5) is 9.59 Å². The fourth-order valence-corrected chi connectivity index (χ4v) is 2.43. The van der Waals surface area contributed by atoms with Gasteiger partial charge in [0.05, 0.1) is 0 Å². The molecule has 1 N–H and O–H groups in total. The second-order valence-electron chi connectivity index (χ2n) is 6.40. The quantitative estimate of drug-likeness (QED) is 0.286. The van der Waals surface area contributed by atoms with Crippen molar-refractivity contribution >= 4 is 29.8 Å². The topological polar surface area (TPSA) is 100 Å². The van der Waals surface area contributed by atoms with Crippen LogP contribution in [-0.4, -0.2) is 30.3 Å². The van der Waals surface area contributed by atoms with Gasteiger partial charge < -0.3 is 24.3 Å². The number of ether oxygens (including phenoxy) is 4. The molecule has 160 valence electrons. The van der Waals surface area contributed by atoms with E-state index in [-0.39, 0.29) is 30.1 Å². The summed E-state index contributed by atoms with van der Waals surface area (Å²) in [6, 6.07) is 13.8. The maximum Gasteiger partial charge on any atom is 0.515 e. The number of benzene rings is 2. The van der Waals surface area contributed by atoms with E-state index >= 15 is 0 Å². The predicted octanol–water partition coefficient (Wildman–Crippen LogP) is 4.25. The molecule has 0 fully saturated rings. The van der Waals surface area contributed by atoms with Crippen LogP contribution in [0.3, 0.4) is 0 Å². The number of alkyl carbamates (subject to hydrolysis) is 1. The fraction of sp³-hybridized carbons (Fsp3) is 0.286. The van der Waals surface area contributed by atoms with Crippen molar-refractivity contribution < 1.29 is 33.3 Å². The minimum absolute atomic E-state index is 0.0147. The summed E-state index contributed by atoms with van der Waals surface area (Å²) in [7, 11) is 0. The Labute approximate surface area is 179 Å². The van der Waals surface area contributed by atoms with Gasteiger partial charge in [0.15, 0.2) is 17.6 Å². The molecule has 0 saturated carbocycles. The lowest BCUT2D eigenvalue weighted by atomic mass is 10.1. The molecule has 1 atom stereocenters. The highest BCUT2D eigenvalue weighted by Gasteiger charge is 2.28. The Morgan fingerprint density at radius 1 is 0.900 bits per heavy atom. The van der Waals surface area contributed by atoms with Gasteiger partial charge in [-0.05, 0) is 23.6 Å². The van der Waals surface area contributed by atoms with Crippen LogP contribution in [0.5, 0.6) is 11.5 Å². The van der Waals surface area contributed by atoms with E-state index in [9.17, 15) is 14.4 Å². The Bertz CT molecular complexity index is 857. The van der Waals surface area contributed by atoms with E-state index in [0.717, 1.165) is 5.56 Å². The van der Waals surface area contributed by atoms with Gasteiger partial charge in [-0.1, -0.05) is 67.9 Å². The third-order valence-electron chi connectivity index (χ3n) is 3.83. The van der Waals surface area contributed by atoms with Crippen molar-refractivity contribution in [3.8, 4) is 11.5 Å². The second-order valence-corrected chi connectivity index (χ2v) is 6.62. The van der Waals surface area contributed by atoms with E-state index in [1.807, 2.05) is 30.3 Å². The molecule has 0 aliphatic heterocycles. The Hall–Kier alpha value is -3.26. The molecule has 0 aliphatic carbocycles. The van der Waals surface area contributed by atoms with Gasteiger partial charge in [0, 0.05) is 0 Å². The summed E-state index contributed by atoms with van der Waals surface area (Å²) in [5.41, 5.74) is 0.811. The van der Waals surface area contributed by atoms with Crippen molar-refractivity contribution in [3.05, 3.63) is 60.2 Å². The number of hydrogen-bond acceptors (Lipinski definition) is 7. The molecule has 0 aromatic heterocycles. The van der Waals surface area contributed by atoms with Crippen molar-refractivity contribution in [2.45, 2.75) is 26.5 Å². The molecule has 2 aromatic rings. The van der Waals surface area contributed by atoms with Crippen molar-refractivity contribution in [1.82, 2.24) is 5.32 Å². The molecular weight excluding hydrogens is 414 g/mol. The van der Waals surface area contributed by atoms with Gasteiger partial charge in [-0.15, -0.1) is 0 Å². The summed E-state index contributed by atoms with van der Waals surface area (Å²) >= 11 is 5.32. The third-order valence-corrected chi connectivity index (χ3v) is 3.94. The number of carbonyl (C=O) groups is 3. The number of para-hydroxylation sites is 2. The highest BCUT2D eigenvalue weighted by atomic mass is 35.5. The maximum atomic E-state index is 12.6. The van der Waals surface area contributed by atoms with E-state index in [2.05, 4.69) is 10.1 Å². The summed E-state index contributed by atoms with van der Waals surface area (Å²) < 4.78 is 20.0. The lowest BCUT2D eigenvalue weighted by molar-refractivity contribution is -0.137. The standard InChI is InChI=1S/C21H22ClNO7/c1-14(2)18(23-20(25)27-12-15-8-4-3-5-9-15)19(24)29-16-10-6-7-11-17(16)30-21(26)28-13-22/h3-11,14,18H,12-13H2,1-2H3,(H,23,25)/t18-/m0/s1. The molecule has 9 heteroatoms. The Morgan fingerprint density at radius 2 is 1.50 bits per heavy atom. The van der Waals surface area contributed by atoms with Crippen molar-refractivity contribution in [3.63, 3.8) is 0 Å². The molecule has 1 amide bonds. The van der Waals surface area contributed by atoms with Crippen LogP contribution in [0.15, 0.2) is 54.6 Å². The van der Waals surface area contributed by atoms with Crippen LogP contribution in [0, 0.1) is 5.92 Å². The SMILES string of the molecule is CC(C)[C@H](NC(=O)OCc1ccccc1)C(=O)Oc1ccccc1OC(=O)OCCl. The van der Waals surface area contributed by atoms with Gasteiger partial charge in [0.2, 0.25) is 0 Å². The number of carbonyl (C=O) groups excluding carboxylic acids is 3. The molecule has 8 nitrogen and oxygen atoms in total. The number of rotatable bonds is 8. The van der Waals surface area contributed by atoms with Crippen molar-refractivity contribution in [2.24, 2.45) is 5.92 Å². The highest BCUT2D eigenvalue weighted by molar-refractivity contribution is 6.17. The minimum atomic E-state index is -1.04. The summed E-state index contributed by atoms with van der Waals surface area (Å²) in [5.74, 6) is -1.09. The summed E-state index contributed by atoms with van der Waals surface area (Å²) in [6.45, 7) is 3.54. The Kier molecular flexibility index (Phi) is 8.96. The number of amides is 1. The zero-order chi connectivity index (χ0) is 21.9. The first-order chi connectivity index (χ1) is 14.4. The third kappa shape index (κ3) is 7.29. The minimum Gasteiger partial charge on any atom is -0.445 e. The molecule has 0 unspecified atom stereocenters. The first-order valence-corrected chi connectivity index (χ1v) is 9.62. The number of nitrogens with one attached hydrogen (secondary N) is 1. The van der Waals surface area contributed by atoms with Gasteiger partial charge in [-0.25, -0.2) is 14.4 Å². The molecule has 2 rings (SSSR count). The van der Waals surface area contributed by atoms with E-state index in [0.29, 0.717) is 0 Å². The summed E-state index contributed by atoms with van der Waals surface area (Å²) in [6.07, 6.45) is -1.80. The van der Waals surface area contributed by atoms with Gasteiger partial charge in [-0.3, -0.25) is 0 Å². The summed E-state index contributed by atoms with van der Waals surface area (Å²) in [5, 5.41) is 2.50. The molecular formula is C21H22ClNO7. The average molecular weight is 436 g/mol. The lowest BCUT2D eigenvalue weighted by Gasteiger charge is -2.21. The molecule has 0 saturated heterocycles. The molecule has 0 bridgehead atoms. The van der Waals surface area contributed by atoms with Crippen LogP contribution < -0.4 is 14.8 Å². The Morgan fingerprint density at radius 3 is 2.10 bits per heavy atom. The Balaban J connectivity index is 2.00. The van der Waals surface area contributed by atoms with Crippen molar-refractivity contribution in [2.75, 3.05) is 6.07 Å². The average Bonchev–Trinajstić information content (AvgIpc) is 2.72.